The minimum Gasteiger partial charge on any atom is -0.494 e. The summed E-state index contributed by atoms with van der Waals surface area (Å²) < 4.78 is 6.17. The van der Waals surface area contributed by atoms with E-state index in [-0.39, 0.29) is 11.3 Å². The average Bonchev–Trinajstić information content (AvgIpc) is 2.82. The van der Waals surface area contributed by atoms with Crippen molar-refractivity contribution in [1.29, 1.82) is 10.5 Å². The van der Waals surface area contributed by atoms with Gasteiger partial charge in [-0.2, -0.15) is 10.5 Å². The molecule has 1 aromatic heterocycles. The molecule has 0 atom stereocenters. The average molecular weight is 241 g/mol. The van der Waals surface area contributed by atoms with Crippen LogP contribution in [0.25, 0.3) is 16.0 Å². The number of fused-ring (bicyclic) bond motifs is 1. The number of methoxy groups -OCH3 is 1. The Labute approximate surface area is 102 Å². The summed E-state index contributed by atoms with van der Waals surface area (Å²) in [5.41, 5.74) is 3.23. The molecule has 0 saturated carbocycles. The smallest absolute Gasteiger partial charge is 0.172 e. The van der Waals surface area contributed by atoms with Gasteiger partial charge in [-0.3, -0.25) is 0 Å². The topological polar surface area (TPSA) is 69.7 Å². The van der Waals surface area contributed by atoms with Crippen LogP contribution in [0.4, 0.5) is 0 Å². The Morgan fingerprint density at radius 1 is 1.35 bits per heavy atom. The van der Waals surface area contributed by atoms with Crippen LogP contribution in [0.3, 0.4) is 0 Å². The standard InChI is InChI=1S/C12H7N3OS/c1-16-12(9(5-13)6-14)8-2-3-11-10(4-8)15-7-17-11/h2-4,7H,1H3. The first-order valence-corrected chi connectivity index (χ1v) is 5.60. The summed E-state index contributed by atoms with van der Waals surface area (Å²) >= 11 is 1.54. The lowest BCUT2D eigenvalue weighted by molar-refractivity contribution is 0.369. The quantitative estimate of drug-likeness (QED) is 0.598. The van der Waals surface area contributed by atoms with E-state index in [1.54, 1.807) is 11.6 Å². The Kier molecular flexibility index (Phi) is 3.04. The van der Waals surface area contributed by atoms with Gasteiger partial charge in [-0.05, 0) is 18.2 Å². The van der Waals surface area contributed by atoms with Crippen molar-refractivity contribution in [2.24, 2.45) is 0 Å². The first kappa shape index (κ1) is 11.1. The van der Waals surface area contributed by atoms with Crippen LogP contribution in [0.5, 0.6) is 0 Å². The molecule has 5 heteroatoms. The molecule has 2 aromatic rings. The normalized spacial score (nSPS) is 9.35. The summed E-state index contributed by atoms with van der Waals surface area (Å²) in [6.45, 7) is 0. The van der Waals surface area contributed by atoms with Gasteiger partial charge in [-0.1, -0.05) is 0 Å². The van der Waals surface area contributed by atoms with Gasteiger partial charge in [0.2, 0.25) is 0 Å². The number of allylic oxidation sites excluding steroid dienone is 1. The monoisotopic (exact) mass is 241 g/mol. The molecule has 2 rings (SSSR count). The lowest BCUT2D eigenvalue weighted by Gasteiger charge is -2.05. The number of hydrogen-bond acceptors (Lipinski definition) is 5. The number of nitriles is 2. The van der Waals surface area contributed by atoms with E-state index in [4.69, 9.17) is 15.3 Å². The summed E-state index contributed by atoms with van der Waals surface area (Å²) in [4.78, 5) is 4.18. The number of aromatic nitrogens is 1. The maximum absolute atomic E-state index is 8.84. The Hall–Kier alpha value is -2.37. The minimum absolute atomic E-state index is 0.0397. The molecule has 0 aliphatic rings. The van der Waals surface area contributed by atoms with Crippen LogP contribution in [0, 0.1) is 22.7 Å². The molecule has 4 nitrogen and oxygen atoms in total. The third-order valence-electron chi connectivity index (χ3n) is 2.25. The van der Waals surface area contributed by atoms with Gasteiger partial charge in [0.05, 0.1) is 22.8 Å². The molecule has 0 saturated heterocycles. The lowest BCUT2D eigenvalue weighted by atomic mass is 10.1. The molecule has 0 aliphatic heterocycles. The molecule has 1 heterocycles. The highest BCUT2D eigenvalue weighted by molar-refractivity contribution is 7.16. The van der Waals surface area contributed by atoms with Gasteiger partial charge in [0.1, 0.15) is 12.1 Å². The molecule has 0 bridgehead atoms. The van der Waals surface area contributed by atoms with Crippen molar-refractivity contribution in [2.45, 2.75) is 0 Å². The molecule has 0 spiro atoms. The predicted molar refractivity (Wildman–Crippen MR) is 64.8 cm³/mol. The van der Waals surface area contributed by atoms with Crippen LogP contribution < -0.4 is 0 Å². The van der Waals surface area contributed by atoms with Crippen molar-refractivity contribution in [1.82, 2.24) is 4.98 Å². The molecule has 0 fully saturated rings. The van der Waals surface area contributed by atoms with Gasteiger partial charge in [-0.25, -0.2) is 4.98 Å². The zero-order chi connectivity index (χ0) is 12.3. The van der Waals surface area contributed by atoms with Crippen LogP contribution in [-0.2, 0) is 4.74 Å². The Morgan fingerprint density at radius 3 is 2.76 bits per heavy atom. The number of ether oxygens (including phenoxy) is 1. The molecular formula is C12H7N3OS. The third kappa shape index (κ3) is 1.96. The van der Waals surface area contributed by atoms with E-state index in [2.05, 4.69) is 4.98 Å². The maximum atomic E-state index is 8.84. The third-order valence-corrected chi connectivity index (χ3v) is 3.06. The number of hydrogen-bond donors (Lipinski definition) is 0. The second kappa shape index (κ2) is 4.65. The van der Waals surface area contributed by atoms with Crippen LogP contribution in [0.1, 0.15) is 5.56 Å². The van der Waals surface area contributed by atoms with E-state index in [9.17, 15) is 0 Å². The first-order chi connectivity index (χ1) is 8.30. The highest BCUT2D eigenvalue weighted by Crippen LogP contribution is 2.25. The van der Waals surface area contributed by atoms with Crippen molar-refractivity contribution >= 4 is 27.3 Å². The fraction of sp³-hybridized carbons (Fsp3) is 0.0833. The van der Waals surface area contributed by atoms with Gasteiger partial charge < -0.3 is 4.74 Å². The maximum Gasteiger partial charge on any atom is 0.172 e. The van der Waals surface area contributed by atoms with Gasteiger partial charge in [0.15, 0.2) is 11.3 Å². The lowest BCUT2D eigenvalue weighted by Crippen LogP contribution is -1.91. The molecule has 0 aliphatic carbocycles. The van der Waals surface area contributed by atoms with Crippen LogP contribution in [0.15, 0.2) is 29.3 Å². The summed E-state index contributed by atoms with van der Waals surface area (Å²) in [6, 6.07) is 9.15. The van der Waals surface area contributed by atoms with Crippen molar-refractivity contribution in [3.05, 3.63) is 34.8 Å². The van der Waals surface area contributed by atoms with E-state index in [0.29, 0.717) is 5.56 Å². The van der Waals surface area contributed by atoms with Gasteiger partial charge in [-0.15, -0.1) is 11.3 Å². The number of rotatable bonds is 2. The molecule has 0 N–H and O–H groups in total. The van der Waals surface area contributed by atoms with Crippen molar-refractivity contribution in [3.8, 4) is 12.1 Å². The van der Waals surface area contributed by atoms with Crippen molar-refractivity contribution in [3.63, 3.8) is 0 Å². The summed E-state index contributed by atoms with van der Waals surface area (Å²) in [6.07, 6.45) is 0. The fourth-order valence-corrected chi connectivity index (χ4v) is 2.15. The molecule has 0 amide bonds. The van der Waals surface area contributed by atoms with Crippen molar-refractivity contribution < 1.29 is 4.74 Å². The number of nitrogens with zero attached hydrogens (tertiary/aromatic N) is 3. The van der Waals surface area contributed by atoms with E-state index < -0.39 is 0 Å². The molecule has 0 unspecified atom stereocenters. The number of thiazole rings is 1. The number of benzene rings is 1. The molecule has 0 radical (unpaired) electrons. The van der Waals surface area contributed by atoms with Crippen LogP contribution in [0.2, 0.25) is 0 Å². The van der Waals surface area contributed by atoms with E-state index in [1.807, 2.05) is 24.3 Å². The predicted octanol–water partition coefficient (Wildman–Crippen LogP) is 2.70. The molecular weight excluding hydrogens is 234 g/mol. The molecule has 82 valence electrons. The summed E-state index contributed by atoms with van der Waals surface area (Å²) in [5, 5.41) is 17.7. The highest BCUT2D eigenvalue weighted by atomic mass is 32.1. The Bertz CT molecular complexity index is 657. The molecule has 1 aromatic carbocycles. The second-order valence-electron chi connectivity index (χ2n) is 3.17. The van der Waals surface area contributed by atoms with Gasteiger partial charge >= 0.3 is 0 Å². The minimum atomic E-state index is -0.0397. The van der Waals surface area contributed by atoms with E-state index >= 15 is 0 Å². The van der Waals surface area contributed by atoms with E-state index in [0.717, 1.165) is 10.2 Å². The Balaban J connectivity index is 2.63. The zero-order valence-corrected chi connectivity index (χ0v) is 9.78. The Morgan fingerprint density at radius 2 is 2.12 bits per heavy atom. The van der Waals surface area contributed by atoms with Crippen LogP contribution >= 0.6 is 11.3 Å². The largest absolute Gasteiger partial charge is 0.494 e. The van der Waals surface area contributed by atoms with Gasteiger partial charge in [0.25, 0.3) is 0 Å². The van der Waals surface area contributed by atoms with E-state index in [1.165, 1.54) is 18.4 Å². The summed E-state index contributed by atoms with van der Waals surface area (Å²) in [5.74, 6) is 0.282. The fourth-order valence-electron chi connectivity index (χ4n) is 1.49. The molecule has 17 heavy (non-hydrogen) atoms. The second-order valence-corrected chi connectivity index (χ2v) is 4.05. The highest BCUT2D eigenvalue weighted by Gasteiger charge is 2.10. The zero-order valence-electron chi connectivity index (χ0n) is 8.97. The SMILES string of the molecule is COC(=C(C#N)C#N)c1ccc2scnc2c1. The van der Waals surface area contributed by atoms with Crippen LogP contribution in [-0.4, -0.2) is 12.1 Å². The summed E-state index contributed by atoms with van der Waals surface area (Å²) in [7, 11) is 1.44. The van der Waals surface area contributed by atoms with Crippen molar-refractivity contribution in [2.75, 3.05) is 7.11 Å². The van der Waals surface area contributed by atoms with Gasteiger partial charge in [0, 0.05) is 5.56 Å². The first-order valence-electron chi connectivity index (χ1n) is 4.72.